The Hall–Kier alpha value is -1.75. The first-order valence-corrected chi connectivity index (χ1v) is 6.68. The number of fused-ring (bicyclic) bond motifs is 1. The van der Waals surface area contributed by atoms with Crippen molar-refractivity contribution in [2.45, 2.75) is 19.8 Å². The summed E-state index contributed by atoms with van der Waals surface area (Å²) >= 11 is 1.51. The topological polar surface area (TPSA) is 41.6 Å². The quantitative estimate of drug-likeness (QED) is 0.779. The molecule has 0 spiro atoms. The zero-order chi connectivity index (χ0) is 12.5. The zero-order valence-corrected chi connectivity index (χ0v) is 10.7. The number of halogens is 1. The fourth-order valence-corrected chi connectivity index (χ4v) is 2.89. The van der Waals surface area contributed by atoms with E-state index in [1.807, 2.05) is 6.07 Å². The predicted octanol–water partition coefficient (Wildman–Crippen LogP) is 3.78. The molecule has 3 rings (SSSR count). The average molecular weight is 261 g/mol. The van der Waals surface area contributed by atoms with Crippen molar-refractivity contribution < 1.29 is 4.39 Å². The van der Waals surface area contributed by atoms with Gasteiger partial charge in [0.2, 0.25) is 0 Å². The number of H-pyrrole nitrogens is 1. The van der Waals surface area contributed by atoms with Gasteiger partial charge in [-0.3, -0.25) is 5.10 Å². The maximum atomic E-state index is 13.1. The van der Waals surface area contributed by atoms with Crippen molar-refractivity contribution in [2.24, 2.45) is 0 Å². The summed E-state index contributed by atoms with van der Waals surface area (Å²) in [6, 6.07) is 6.80. The van der Waals surface area contributed by atoms with Gasteiger partial charge in [-0.1, -0.05) is 13.0 Å². The second-order valence-corrected chi connectivity index (χ2v) is 5.23. The Morgan fingerprint density at radius 3 is 3.06 bits per heavy atom. The number of rotatable bonds is 3. The highest BCUT2D eigenvalue weighted by atomic mass is 32.1. The number of aromatic amines is 1. The lowest BCUT2D eigenvalue weighted by Gasteiger charge is -1.87. The fraction of sp³-hybridized carbons (Fsp3) is 0.231. The summed E-state index contributed by atoms with van der Waals surface area (Å²) in [6.07, 6.45) is 1.93. The number of aromatic nitrogens is 3. The molecular weight excluding hydrogens is 249 g/mol. The van der Waals surface area contributed by atoms with Crippen LogP contribution in [0.4, 0.5) is 4.39 Å². The molecule has 2 aromatic heterocycles. The van der Waals surface area contributed by atoms with E-state index in [1.54, 1.807) is 12.1 Å². The first-order chi connectivity index (χ1) is 8.76. The van der Waals surface area contributed by atoms with Gasteiger partial charge >= 0.3 is 0 Å². The fourth-order valence-electron chi connectivity index (χ4n) is 1.87. The SMILES string of the molecule is CCCc1nc(-c2cc3ccc(F)cc3s2)n[nH]1. The molecule has 0 saturated carbocycles. The summed E-state index contributed by atoms with van der Waals surface area (Å²) in [4.78, 5) is 5.40. The smallest absolute Gasteiger partial charge is 0.191 e. The van der Waals surface area contributed by atoms with E-state index in [1.165, 1.54) is 17.4 Å². The third-order valence-electron chi connectivity index (χ3n) is 2.72. The van der Waals surface area contributed by atoms with Crippen LogP contribution in [-0.2, 0) is 6.42 Å². The maximum absolute atomic E-state index is 13.1. The number of thiophene rings is 1. The highest BCUT2D eigenvalue weighted by molar-refractivity contribution is 7.22. The van der Waals surface area contributed by atoms with E-state index in [-0.39, 0.29) is 5.82 Å². The molecular formula is C13H12FN3S. The van der Waals surface area contributed by atoms with Crippen LogP contribution in [0.25, 0.3) is 20.8 Å². The Labute approximate surface area is 108 Å². The minimum Gasteiger partial charge on any atom is -0.263 e. The molecule has 0 saturated heterocycles. The molecule has 0 aliphatic heterocycles. The van der Waals surface area contributed by atoms with Crippen LogP contribution in [0.1, 0.15) is 19.2 Å². The van der Waals surface area contributed by atoms with E-state index in [4.69, 9.17) is 0 Å². The van der Waals surface area contributed by atoms with Gasteiger partial charge in [-0.2, -0.15) is 5.10 Å². The van der Waals surface area contributed by atoms with Gasteiger partial charge in [0, 0.05) is 11.1 Å². The second kappa shape index (κ2) is 4.49. The number of nitrogens with zero attached hydrogens (tertiary/aromatic N) is 2. The largest absolute Gasteiger partial charge is 0.263 e. The maximum Gasteiger partial charge on any atom is 0.191 e. The van der Waals surface area contributed by atoms with Crippen molar-refractivity contribution >= 4 is 21.4 Å². The van der Waals surface area contributed by atoms with Crippen LogP contribution in [0.5, 0.6) is 0 Å². The molecule has 2 heterocycles. The molecule has 0 unspecified atom stereocenters. The second-order valence-electron chi connectivity index (χ2n) is 4.15. The Bertz CT molecular complexity index is 686. The van der Waals surface area contributed by atoms with E-state index in [2.05, 4.69) is 22.1 Å². The molecule has 0 aliphatic carbocycles. The highest BCUT2D eigenvalue weighted by Crippen LogP contribution is 2.32. The summed E-state index contributed by atoms with van der Waals surface area (Å²) in [5.74, 6) is 1.38. The van der Waals surface area contributed by atoms with Gasteiger partial charge < -0.3 is 0 Å². The molecule has 0 radical (unpaired) electrons. The van der Waals surface area contributed by atoms with E-state index in [0.29, 0.717) is 5.82 Å². The number of aryl methyl sites for hydroxylation is 1. The number of benzene rings is 1. The molecule has 0 atom stereocenters. The summed E-state index contributed by atoms with van der Waals surface area (Å²) < 4.78 is 14.0. The molecule has 3 aromatic rings. The molecule has 3 nitrogen and oxygen atoms in total. The Morgan fingerprint density at radius 2 is 2.22 bits per heavy atom. The van der Waals surface area contributed by atoms with E-state index >= 15 is 0 Å². The zero-order valence-electron chi connectivity index (χ0n) is 9.90. The van der Waals surface area contributed by atoms with Gasteiger partial charge in [0.1, 0.15) is 11.6 Å². The lowest BCUT2D eigenvalue weighted by atomic mass is 10.2. The third kappa shape index (κ3) is 2.01. The Kier molecular flexibility index (Phi) is 2.83. The van der Waals surface area contributed by atoms with Gasteiger partial charge in [-0.15, -0.1) is 11.3 Å². The molecule has 1 N–H and O–H groups in total. The van der Waals surface area contributed by atoms with Crippen molar-refractivity contribution in [1.82, 2.24) is 15.2 Å². The van der Waals surface area contributed by atoms with Crippen LogP contribution >= 0.6 is 11.3 Å². The van der Waals surface area contributed by atoms with Crippen molar-refractivity contribution in [3.8, 4) is 10.7 Å². The monoisotopic (exact) mass is 261 g/mol. The molecule has 0 bridgehead atoms. The Morgan fingerprint density at radius 1 is 1.33 bits per heavy atom. The summed E-state index contributed by atoms with van der Waals surface area (Å²) in [6.45, 7) is 2.10. The van der Waals surface area contributed by atoms with Crippen LogP contribution in [0.3, 0.4) is 0 Å². The summed E-state index contributed by atoms with van der Waals surface area (Å²) in [7, 11) is 0. The standard InChI is InChI=1S/C13H12FN3S/c1-2-3-12-15-13(17-16-12)11-6-8-4-5-9(14)7-10(8)18-11/h4-7H,2-3H2,1H3,(H,15,16,17). The van der Waals surface area contributed by atoms with Crippen LogP contribution in [0.2, 0.25) is 0 Å². The highest BCUT2D eigenvalue weighted by Gasteiger charge is 2.09. The van der Waals surface area contributed by atoms with E-state index in [0.717, 1.165) is 33.6 Å². The molecule has 0 amide bonds. The van der Waals surface area contributed by atoms with Crippen LogP contribution < -0.4 is 0 Å². The lowest BCUT2D eigenvalue weighted by molar-refractivity contribution is 0.630. The van der Waals surface area contributed by atoms with Gasteiger partial charge in [0.25, 0.3) is 0 Å². The number of hydrogen-bond donors (Lipinski definition) is 1. The lowest BCUT2D eigenvalue weighted by Crippen LogP contribution is -1.84. The van der Waals surface area contributed by atoms with Crippen molar-refractivity contribution in [3.05, 3.63) is 35.9 Å². The number of hydrogen-bond acceptors (Lipinski definition) is 3. The first-order valence-electron chi connectivity index (χ1n) is 5.87. The summed E-state index contributed by atoms with van der Waals surface area (Å²) in [5, 5.41) is 8.16. The van der Waals surface area contributed by atoms with Gasteiger partial charge in [0.15, 0.2) is 5.82 Å². The molecule has 92 valence electrons. The molecule has 0 fully saturated rings. The van der Waals surface area contributed by atoms with Crippen molar-refractivity contribution in [2.75, 3.05) is 0 Å². The minimum atomic E-state index is -0.211. The van der Waals surface area contributed by atoms with Gasteiger partial charge in [-0.05, 0) is 30.0 Å². The summed E-state index contributed by atoms with van der Waals surface area (Å²) in [5.41, 5.74) is 0. The van der Waals surface area contributed by atoms with Crippen LogP contribution in [-0.4, -0.2) is 15.2 Å². The van der Waals surface area contributed by atoms with Gasteiger partial charge in [0.05, 0.1) is 4.88 Å². The first kappa shape index (κ1) is 11.3. The molecule has 18 heavy (non-hydrogen) atoms. The predicted molar refractivity (Wildman–Crippen MR) is 71.2 cm³/mol. The molecule has 1 aromatic carbocycles. The molecule has 0 aliphatic rings. The Balaban J connectivity index is 2.02. The minimum absolute atomic E-state index is 0.211. The van der Waals surface area contributed by atoms with Gasteiger partial charge in [-0.25, -0.2) is 9.37 Å². The van der Waals surface area contributed by atoms with Crippen molar-refractivity contribution in [1.29, 1.82) is 0 Å². The third-order valence-corrected chi connectivity index (χ3v) is 3.81. The number of nitrogens with one attached hydrogen (secondary N) is 1. The normalized spacial score (nSPS) is 11.2. The molecule has 5 heteroatoms. The van der Waals surface area contributed by atoms with Crippen LogP contribution in [0, 0.1) is 5.82 Å². The van der Waals surface area contributed by atoms with Crippen molar-refractivity contribution in [3.63, 3.8) is 0 Å². The van der Waals surface area contributed by atoms with E-state index < -0.39 is 0 Å². The van der Waals surface area contributed by atoms with Crippen LogP contribution in [0.15, 0.2) is 24.3 Å². The average Bonchev–Trinajstić information content (AvgIpc) is 2.94. The van der Waals surface area contributed by atoms with E-state index in [9.17, 15) is 4.39 Å².